The maximum absolute atomic E-state index is 12.9. The number of carbonyl (C=O) groups is 3. The van der Waals surface area contributed by atoms with E-state index in [2.05, 4.69) is 81.5 Å². The molecule has 0 aliphatic heterocycles. The third-order valence-electron chi connectivity index (χ3n) is 14.2. The van der Waals surface area contributed by atoms with Crippen LogP contribution in [0.25, 0.3) is 0 Å². The Kier molecular flexibility index (Phi) is 60.2. The molecule has 0 saturated carbocycles. The van der Waals surface area contributed by atoms with E-state index in [9.17, 15) is 14.4 Å². The van der Waals surface area contributed by atoms with E-state index in [4.69, 9.17) is 14.2 Å². The van der Waals surface area contributed by atoms with Crippen molar-refractivity contribution in [2.24, 2.45) is 0 Å². The summed E-state index contributed by atoms with van der Waals surface area (Å²) in [4.78, 5) is 38.2. The fourth-order valence-electron chi connectivity index (χ4n) is 9.36. The summed E-state index contributed by atoms with van der Waals surface area (Å²) < 4.78 is 16.9. The molecule has 0 spiro atoms. The van der Waals surface area contributed by atoms with E-state index in [1.807, 2.05) is 0 Å². The van der Waals surface area contributed by atoms with Crippen LogP contribution in [-0.2, 0) is 28.6 Å². The minimum absolute atomic E-state index is 0.0740. The lowest BCUT2D eigenvalue weighted by atomic mass is 10.0. The van der Waals surface area contributed by atoms with Crippen molar-refractivity contribution in [3.63, 3.8) is 0 Å². The van der Waals surface area contributed by atoms with Crippen LogP contribution in [0.1, 0.15) is 335 Å². The SMILES string of the molecule is CCCCC/C=C\C/C=C\CCCCCCCCCC(=O)OC(COC(=O)CCCCCCCCCCCC)COC(=O)CCCCCCCCCCCCCCCC/C=C\C/C=C\C/C=C\CCCCCCC. The number of ether oxygens (including phenoxy) is 3. The molecule has 0 bridgehead atoms. The van der Waals surface area contributed by atoms with Crippen LogP contribution in [0.5, 0.6) is 0 Å². The molecule has 74 heavy (non-hydrogen) atoms. The van der Waals surface area contributed by atoms with Crippen LogP contribution >= 0.6 is 0 Å². The van der Waals surface area contributed by atoms with Gasteiger partial charge in [-0.3, -0.25) is 14.4 Å². The Balaban J connectivity index is 4.17. The molecule has 430 valence electrons. The molecular weight excluding hydrogens is 913 g/mol. The Morgan fingerprint density at radius 3 is 0.784 bits per heavy atom. The highest BCUT2D eigenvalue weighted by molar-refractivity contribution is 5.71. The molecule has 1 atom stereocenters. The minimum Gasteiger partial charge on any atom is -0.462 e. The molecule has 0 radical (unpaired) electrons. The summed E-state index contributed by atoms with van der Waals surface area (Å²) in [7, 11) is 0. The van der Waals surface area contributed by atoms with Crippen molar-refractivity contribution in [1.82, 2.24) is 0 Å². The summed E-state index contributed by atoms with van der Waals surface area (Å²) in [6.07, 6.45) is 79.5. The van der Waals surface area contributed by atoms with Crippen LogP contribution in [0.2, 0.25) is 0 Å². The van der Waals surface area contributed by atoms with Crippen LogP contribution in [0.4, 0.5) is 0 Å². The molecule has 1 unspecified atom stereocenters. The molecule has 0 aliphatic carbocycles. The molecule has 0 aromatic heterocycles. The highest BCUT2D eigenvalue weighted by Gasteiger charge is 2.19. The van der Waals surface area contributed by atoms with Crippen LogP contribution in [0.3, 0.4) is 0 Å². The van der Waals surface area contributed by atoms with E-state index in [1.165, 1.54) is 212 Å². The highest BCUT2D eigenvalue weighted by atomic mass is 16.6. The maximum atomic E-state index is 12.9. The lowest BCUT2D eigenvalue weighted by Gasteiger charge is -2.18. The van der Waals surface area contributed by atoms with E-state index < -0.39 is 6.10 Å². The van der Waals surface area contributed by atoms with E-state index in [1.54, 1.807) is 0 Å². The standard InChI is InChI=1S/C68H122O6/c1-4-7-10-13-16-19-22-24-26-28-29-30-31-32-33-34-35-36-37-38-39-41-42-44-46-49-52-55-58-61-67(70)73-64-65(63-72-66(69)60-57-54-51-48-21-18-15-12-9-6-3)74-68(71)62-59-56-53-50-47-45-43-40-27-25-23-20-17-14-11-8-5-2/h17,20,22,24-25,27-29,31-32,65H,4-16,18-19,21,23,26,30,33-64H2,1-3H3/b20-17-,24-22-,27-25-,29-28-,32-31-. The summed E-state index contributed by atoms with van der Waals surface area (Å²) in [5, 5.41) is 0. The van der Waals surface area contributed by atoms with Crippen LogP contribution in [-0.4, -0.2) is 37.2 Å². The zero-order chi connectivity index (χ0) is 53.6. The van der Waals surface area contributed by atoms with E-state index in [0.29, 0.717) is 19.3 Å². The largest absolute Gasteiger partial charge is 0.462 e. The van der Waals surface area contributed by atoms with Gasteiger partial charge in [0.25, 0.3) is 0 Å². The quantitative estimate of drug-likeness (QED) is 0.0261. The zero-order valence-corrected chi connectivity index (χ0v) is 49.4. The third kappa shape index (κ3) is 60.0. The molecule has 0 fully saturated rings. The zero-order valence-electron chi connectivity index (χ0n) is 49.4. The molecule has 0 amide bonds. The number of esters is 3. The molecule has 0 aromatic carbocycles. The number of hydrogen-bond acceptors (Lipinski definition) is 6. The second-order valence-electron chi connectivity index (χ2n) is 21.7. The van der Waals surface area contributed by atoms with Crippen molar-refractivity contribution in [1.29, 1.82) is 0 Å². The van der Waals surface area contributed by atoms with Crippen molar-refractivity contribution in [2.45, 2.75) is 341 Å². The number of carbonyl (C=O) groups excluding carboxylic acids is 3. The first kappa shape index (κ1) is 71.1. The highest BCUT2D eigenvalue weighted by Crippen LogP contribution is 2.17. The molecule has 0 rings (SSSR count). The third-order valence-corrected chi connectivity index (χ3v) is 14.2. The van der Waals surface area contributed by atoms with Gasteiger partial charge in [0.1, 0.15) is 13.2 Å². The van der Waals surface area contributed by atoms with Gasteiger partial charge in [-0.2, -0.15) is 0 Å². The van der Waals surface area contributed by atoms with Gasteiger partial charge < -0.3 is 14.2 Å². The van der Waals surface area contributed by atoms with Crippen LogP contribution in [0.15, 0.2) is 60.8 Å². The monoisotopic (exact) mass is 1030 g/mol. The molecule has 0 aromatic rings. The Hall–Kier alpha value is -2.89. The van der Waals surface area contributed by atoms with Gasteiger partial charge >= 0.3 is 17.9 Å². The maximum Gasteiger partial charge on any atom is 0.306 e. The summed E-state index contributed by atoms with van der Waals surface area (Å²) in [6, 6.07) is 0. The number of unbranched alkanes of at least 4 members (excludes halogenated alkanes) is 38. The topological polar surface area (TPSA) is 78.9 Å². The van der Waals surface area contributed by atoms with Crippen molar-refractivity contribution >= 4 is 17.9 Å². The van der Waals surface area contributed by atoms with Crippen molar-refractivity contribution in [3.05, 3.63) is 60.8 Å². The van der Waals surface area contributed by atoms with Gasteiger partial charge in [-0.15, -0.1) is 0 Å². The van der Waals surface area contributed by atoms with Crippen molar-refractivity contribution in [3.8, 4) is 0 Å². The molecule has 6 heteroatoms. The lowest BCUT2D eigenvalue weighted by molar-refractivity contribution is -0.167. The molecule has 0 aliphatic rings. The van der Waals surface area contributed by atoms with E-state index in [-0.39, 0.29) is 31.1 Å². The van der Waals surface area contributed by atoms with E-state index in [0.717, 1.165) is 83.5 Å². The number of hydrogen-bond donors (Lipinski definition) is 0. The molecule has 0 saturated heterocycles. The number of allylic oxidation sites excluding steroid dienone is 10. The summed E-state index contributed by atoms with van der Waals surface area (Å²) in [6.45, 7) is 6.62. The predicted octanol–water partition coefficient (Wildman–Crippen LogP) is 21.9. The van der Waals surface area contributed by atoms with Gasteiger partial charge in [0, 0.05) is 19.3 Å². The van der Waals surface area contributed by atoms with Gasteiger partial charge in [-0.25, -0.2) is 0 Å². The van der Waals surface area contributed by atoms with E-state index >= 15 is 0 Å². The summed E-state index contributed by atoms with van der Waals surface area (Å²) in [5.74, 6) is -0.868. The van der Waals surface area contributed by atoms with Crippen LogP contribution < -0.4 is 0 Å². The Morgan fingerprint density at radius 1 is 0.270 bits per heavy atom. The van der Waals surface area contributed by atoms with Crippen molar-refractivity contribution < 1.29 is 28.6 Å². The molecule has 0 N–H and O–H groups in total. The predicted molar refractivity (Wildman–Crippen MR) is 321 cm³/mol. The fourth-order valence-corrected chi connectivity index (χ4v) is 9.36. The molecule has 0 heterocycles. The smallest absolute Gasteiger partial charge is 0.306 e. The summed E-state index contributed by atoms with van der Waals surface area (Å²) >= 11 is 0. The Labute approximate surface area is 460 Å². The fraction of sp³-hybridized carbons (Fsp3) is 0.809. The normalized spacial score (nSPS) is 12.4. The lowest BCUT2D eigenvalue weighted by Crippen LogP contribution is -2.30. The molecular formula is C68H122O6. The number of rotatable bonds is 59. The van der Waals surface area contributed by atoms with Gasteiger partial charge in [-0.1, -0.05) is 287 Å². The average molecular weight is 1040 g/mol. The Morgan fingerprint density at radius 2 is 0.486 bits per heavy atom. The first-order chi connectivity index (χ1) is 36.5. The average Bonchev–Trinajstić information content (AvgIpc) is 3.40. The first-order valence-electron chi connectivity index (χ1n) is 32.3. The van der Waals surface area contributed by atoms with Gasteiger partial charge in [0.05, 0.1) is 0 Å². The van der Waals surface area contributed by atoms with Gasteiger partial charge in [-0.05, 0) is 89.9 Å². The second kappa shape index (κ2) is 62.6. The van der Waals surface area contributed by atoms with Gasteiger partial charge in [0.2, 0.25) is 0 Å². The Bertz CT molecular complexity index is 1330. The minimum atomic E-state index is -0.776. The van der Waals surface area contributed by atoms with Crippen molar-refractivity contribution in [2.75, 3.05) is 13.2 Å². The summed E-state index contributed by atoms with van der Waals surface area (Å²) in [5.41, 5.74) is 0. The van der Waals surface area contributed by atoms with Crippen LogP contribution in [0, 0.1) is 0 Å². The van der Waals surface area contributed by atoms with Gasteiger partial charge in [0.15, 0.2) is 6.10 Å². The second-order valence-corrected chi connectivity index (χ2v) is 21.7. The first-order valence-corrected chi connectivity index (χ1v) is 32.3. The molecule has 6 nitrogen and oxygen atoms in total.